The van der Waals surface area contributed by atoms with Crippen LogP contribution in [0.15, 0.2) is 22.7 Å². The van der Waals surface area contributed by atoms with Gasteiger partial charge in [-0.2, -0.15) is 4.98 Å². The summed E-state index contributed by atoms with van der Waals surface area (Å²) in [6, 6.07) is 4.02. The summed E-state index contributed by atoms with van der Waals surface area (Å²) < 4.78 is 32.4. The second-order valence-electron chi connectivity index (χ2n) is 6.65. The lowest BCUT2D eigenvalue weighted by Gasteiger charge is -2.25. The first-order valence-electron chi connectivity index (χ1n) is 8.38. The van der Waals surface area contributed by atoms with Crippen molar-refractivity contribution >= 4 is 5.91 Å². The minimum absolute atomic E-state index is 0.0559. The van der Waals surface area contributed by atoms with Crippen molar-refractivity contribution in [3.05, 3.63) is 35.7 Å². The van der Waals surface area contributed by atoms with Gasteiger partial charge in [0.25, 0.3) is 5.89 Å². The van der Waals surface area contributed by atoms with Gasteiger partial charge in [-0.25, -0.2) is 8.78 Å². The van der Waals surface area contributed by atoms with Crippen molar-refractivity contribution in [1.82, 2.24) is 20.4 Å². The molecular formula is C17H18F2N4O2. The van der Waals surface area contributed by atoms with Gasteiger partial charge in [0.15, 0.2) is 5.82 Å². The van der Waals surface area contributed by atoms with Gasteiger partial charge in [-0.15, -0.1) is 0 Å². The molecule has 1 aliphatic heterocycles. The van der Waals surface area contributed by atoms with E-state index in [0.29, 0.717) is 12.6 Å². The zero-order chi connectivity index (χ0) is 17.4. The van der Waals surface area contributed by atoms with E-state index in [-0.39, 0.29) is 29.7 Å². The minimum Gasteiger partial charge on any atom is -0.348 e. The molecule has 1 aliphatic carbocycles. The standard InChI is InChI=1S/C17H18F2N4O2/c18-12-2-1-3-13(19)16(12)17-21-14(22-25-17)7-20-15(24)9-23-8-10-4-5-11(23)6-10/h1-3,10-11H,4-9H2,(H,20,24)/t10-,11+/m0/s1. The van der Waals surface area contributed by atoms with Crippen molar-refractivity contribution in [2.45, 2.75) is 31.8 Å². The summed E-state index contributed by atoms with van der Waals surface area (Å²) in [5.74, 6) is -0.999. The first-order valence-corrected chi connectivity index (χ1v) is 8.38. The zero-order valence-electron chi connectivity index (χ0n) is 13.5. The van der Waals surface area contributed by atoms with Gasteiger partial charge in [-0.1, -0.05) is 11.2 Å². The Bertz CT molecular complexity index is 774. The number of benzene rings is 1. The highest BCUT2D eigenvalue weighted by Gasteiger charge is 2.38. The smallest absolute Gasteiger partial charge is 0.263 e. The van der Waals surface area contributed by atoms with Crippen LogP contribution in [0.4, 0.5) is 8.78 Å². The molecule has 2 fully saturated rings. The molecule has 2 heterocycles. The van der Waals surface area contributed by atoms with Crippen LogP contribution in [0.5, 0.6) is 0 Å². The number of halogens is 2. The lowest BCUT2D eigenvalue weighted by molar-refractivity contribution is -0.122. The van der Waals surface area contributed by atoms with E-state index in [1.54, 1.807) is 0 Å². The fourth-order valence-electron chi connectivity index (χ4n) is 3.77. The summed E-state index contributed by atoms with van der Waals surface area (Å²) in [6.07, 6.45) is 3.62. The molecule has 0 spiro atoms. The summed E-state index contributed by atoms with van der Waals surface area (Å²) in [5.41, 5.74) is -0.360. The van der Waals surface area contributed by atoms with Gasteiger partial charge in [-0.05, 0) is 37.3 Å². The molecule has 2 aromatic rings. The zero-order valence-corrected chi connectivity index (χ0v) is 13.5. The Labute approximate surface area is 143 Å². The van der Waals surface area contributed by atoms with Crippen LogP contribution in [-0.2, 0) is 11.3 Å². The van der Waals surface area contributed by atoms with Crippen LogP contribution in [0.2, 0.25) is 0 Å². The quantitative estimate of drug-likeness (QED) is 0.896. The third-order valence-corrected chi connectivity index (χ3v) is 4.96. The number of rotatable bonds is 5. The third-order valence-electron chi connectivity index (χ3n) is 4.96. The highest BCUT2D eigenvalue weighted by molar-refractivity contribution is 5.78. The maximum absolute atomic E-state index is 13.7. The normalized spacial score (nSPS) is 22.5. The van der Waals surface area contributed by atoms with Gasteiger partial charge in [0.2, 0.25) is 5.91 Å². The largest absolute Gasteiger partial charge is 0.348 e. The SMILES string of the molecule is O=C(CN1C[C@H]2CC[C@@H]1C2)NCc1noc(-c2c(F)cccc2F)n1. The van der Waals surface area contributed by atoms with Crippen LogP contribution in [0.25, 0.3) is 11.5 Å². The first-order chi connectivity index (χ1) is 12.1. The molecule has 132 valence electrons. The van der Waals surface area contributed by atoms with E-state index in [1.165, 1.54) is 25.3 Å². The molecule has 0 radical (unpaired) electrons. The molecule has 25 heavy (non-hydrogen) atoms. The lowest BCUT2D eigenvalue weighted by Crippen LogP contribution is -2.41. The molecule has 1 N–H and O–H groups in total. The first kappa shape index (κ1) is 16.1. The average molecular weight is 348 g/mol. The van der Waals surface area contributed by atoms with Gasteiger partial charge >= 0.3 is 0 Å². The highest BCUT2D eigenvalue weighted by Crippen LogP contribution is 2.36. The molecule has 1 aromatic heterocycles. The second kappa shape index (κ2) is 6.51. The number of likely N-dealkylation sites (tertiary alicyclic amines) is 1. The number of fused-ring (bicyclic) bond motifs is 2. The minimum atomic E-state index is -0.775. The Kier molecular flexibility index (Phi) is 4.20. The predicted molar refractivity (Wildman–Crippen MR) is 84.2 cm³/mol. The molecule has 1 amide bonds. The Morgan fingerprint density at radius 1 is 1.32 bits per heavy atom. The number of hydrogen-bond acceptors (Lipinski definition) is 5. The molecule has 0 unspecified atom stereocenters. The predicted octanol–water partition coefficient (Wildman–Crippen LogP) is 2.12. The van der Waals surface area contributed by atoms with Crippen LogP contribution < -0.4 is 5.32 Å². The Balaban J connectivity index is 1.35. The third kappa shape index (κ3) is 3.26. The van der Waals surface area contributed by atoms with Crippen LogP contribution in [0.3, 0.4) is 0 Å². The molecule has 8 heteroatoms. The summed E-state index contributed by atoms with van der Waals surface area (Å²) >= 11 is 0. The number of aromatic nitrogens is 2. The number of carbonyl (C=O) groups excluding carboxylic acids is 1. The topological polar surface area (TPSA) is 71.3 Å². The Morgan fingerprint density at radius 2 is 2.12 bits per heavy atom. The Hall–Kier alpha value is -2.35. The maximum Gasteiger partial charge on any atom is 0.263 e. The molecule has 4 rings (SSSR count). The summed E-state index contributed by atoms with van der Waals surface area (Å²) in [5, 5.41) is 6.40. The number of carbonyl (C=O) groups is 1. The Morgan fingerprint density at radius 3 is 2.80 bits per heavy atom. The van der Waals surface area contributed by atoms with Crippen LogP contribution in [0, 0.1) is 17.6 Å². The van der Waals surface area contributed by atoms with Crippen molar-refractivity contribution in [1.29, 1.82) is 0 Å². The summed E-state index contributed by atoms with van der Waals surface area (Å²) in [6.45, 7) is 1.39. The fourth-order valence-corrected chi connectivity index (χ4v) is 3.77. The molecule has 2 atom stereocenters. The molecule has 2 bridgehead atoms. The highest BCUT2D eigenvalue weighted by atomic mass is 19.1. The molecule has 1 saturated carbocycles. The molecule has 6 nitrogen and oxygen atoms in total. The van der Waals surface area contributed by atoms with E-state index in [9.17, 15) is 13.6 Å². The fraction of sp³-hybridized carbons (Fsp3) is 0.471. The molecular weight excluding hydrogens is 330 g/mol. The van der Waals surface area contributed by atoms with E-state index in [0.717, 1.165) is 24.6 Å². The van der Waals surface area contributed by atoms with Gasteiger partial charge in [0.05, 0.1) is 13.1 Å². The maximum atomic E-state index is 13.7. The van der Waals surface area contributed by atoms with E-state index in [4.69, 9.17) is 4.52 Å². The van der Waals surface area contributed by atoms with Crippen molar-refractivity contribution < 1.29 is 18.1 Å². The van der Waals surface area contributed by atoms with Crippen LogP contribution in [-0.4, -0.2) is 40.1 Å². The number of piperidine rings is 1. The van der Waals surface area contributed by atoms with Crippen LogP contribution in [0.1, 0.15) is 25.1 Å². The average Bonchev–Trinajstić information content (AvgIpc) is 3.29. The van der Waals surface area contributed by atoms with E-state index < -0.39 is 11.6 Å². The number of nitrogens with one attached hydrogen (secondary N) is 1. The summed E-state index contributed by atoms with van der Waals surface area (Å²) in [7, 11) is 0. The van der Waals surface area contributed by atoms with E-state index in [2.05, 4.69) is 20.4 Å². The molecule has 1 saturated heterocycles. The van der Waals surface area contributed by atoms with Crippen molar-refractivity contribution in [2.24, 2.45) is 5.92 Å². The van der Waals surface area contributed by atoms with E-state index in [1.807, 2.05) is 0 Å². The second-order valence-corrected chi connectivity index (χ2v) is 6.65. The van der Waals surface area contributed by atoms with Crippen molar-refractivity contribution in [3.8, 4) is 11.5 Å². The van der Waals surface area contributed by atoms with Crippen LogP contribution >= 0.6 is 0 Å². The molecule has 2 aliphatic rings. The molecule has 1 aromatic carbocycles. The van der Waals surface area contributed by atoms with E-state index >= 15 is 0 Å². The number of hydrogen-bond donors (Lipinski definition) is 1. The van der Waals surface area contributed by atoms with Crippen molar-refractivity contribution in [2.75, 3.05) is 13.1 Å². The van der Waals surface area contributed by atoms with Gasteiger partial charge in [-0.3, -0.25) is 9.69 Å². The monoisotopic (exact) mass is 348 g/mol. The number of amides is 1. The lowest BCUT2D eigenvalue weighted by atomic mass is 10.1. The van der Waals surface area contributed by atoms with Gasteiger partial charge in [0.1, 0.15) is 17.2 Å². The van der Waals surface area contributed by atoms with Gasteiger partial charge in [0, 0.05) is 12.6 Å². The summed E-state index contributed by atoms with van der Waals surface area (Å²) in [4.78, 5) is 18.2. The van der Waals surface area contributed by atoms with Gasteiger partial charge < -0.3 is 9.84 Å². The number of nitrogens with zero attached hydrogens (tertiary/aromatic N) is 3. The van der Waals surface area contributed by atoms with Crippen molar-refractivity contribution in [3.63, 3.8) is 0 Å².